The van der Waals surface area contributed by atoms with Gasteiger partial charge in [0.25, 0.3) is 5.89 Å². The van der Waals surface area contributed by atoms with Crippen molar-refractivity contribution in [1.29, 1.82) is 0 Å². The third-order valence-corrected chi connectivity index (χ3v) is 7.67. The molecule has 6 nitrogen and oxygen atoms in total. The van der Waals surface area contributed by atoms with Gasteiger partial charge in [-0.05, 0) is 36.5 Å². The van der Waals surface area contributed by atoms with Gasteiger partial charge in [0.05, 0.1) is 32.3 Å². The Hall–Kier alpha value is -2.12. The number of benzene rings is 2. The van der Waals surface area contributed by atoms with E-state index < -0.39 is 5.60 Å². The van der Waals surface area contributed by atoms with Gasteiger partial charge in [-0.2, -0.15) is 4.98 Å². The quantitative estimate of drug-likeness (QED) is 0.254. The predicted octanol–water partition coefficient (Wildman–Crippen LogP) is 6.24. The summed E-state index contributed by atoms with van der Waals surface area (Å²) in [5, 5.41) is 17.2. The lowest BCUT2D eigenvalue weighted by Crippen LogP contribution is -2.40. The number of hydrogen-bond acceptors (Lipinski definition) is 5. The molecule has 4 rings (SSSR count). The molecular formula is C27H34Cl2N3O3+. The smallest absolute Gasteiger partial charge is 0.281 e. The highest BCUT2D eigenvalue weighted by Gasteiger charge is 2.44. The molecule has 0 bridgehead atoms. The summed E-state index contributed by atoms with van der Waals surface area (Å²) in [6.07, 6.45) is 6.14. The number of rotatable bonds is 10. The molecule has 0 amide bonds. The molecule has 8 heteroatoms. The minimum atomic E-state index is -1.25. The molecule has 1 aliphatic rings. The SMILES string of the molecule is C[N+](C)(CCCOc1cccc(Cl)c1Cl)Cc1nc(C(O)(c2ccccc2)C2CCCCC2)no1. The third-order valence-electron chi connectivity index (χ3n) is 6.86. The average molecular weight is 519 g/mol. The van der Waals surface area contributed by atoms with Gasteiger partial charge in [-0.25, -0.2) is 0 Å². The van der Waals surface area contributed by atoms with Crippen molar-refractivity contribution in [1.82, 2.24) is 10.1 Å². The van der Waals surface area contributed by atoms with Crippen LogP contribution in [0.3, 0.4) is 0 Å². The molecule has 0 radical (unpaired) electrons. The van der Waals surface area contributed by atoms with Crippen molar-refractivity contribution < 1.29 is 18.8 Å². The first-order chi connectivity index (χ1) is 16.8. The first kappa shape index (κ1) is 26.0. The Kier molecular flexibility index (Phi) is 8.38. The Balaban J connectivity index is 1.41. The molecule has 0 spiro atoms. The van der Waals surface area contributed by atoms with Crippen LogP contribution in [-0.4, -0.2) is 47.0 Å². The second-order valence-electron chi connectivity index (χ2n) is 10.1. The van der Waals surface area contributed by atoms with Crippen LogP contribution in [0.4, 0.5) is 0 Å². The monoisotopic (exact) mass is 518 g/mol. The largest absolute Gasteiger partial charge is 0.492 e. The van der Waals surface area contributed by atoms with E-state index in [9.17, 15) is 5.11 Å². The van der Waals surface area contributed by atoms with Crippen molar-refractivity contribution in [3.05, 3.63) is 75.9 Å². The van der Waals surface area contributed by atoms with Crippen LogP contribution >= 0.6 is 23.2 Å². The first-order valence-electron chi connectivity index (χ1n) is 12.3. The highest BCUT2D eigenvalue weighted by molar-refractivity contribution is 6.42. The lowest BCUT2D eigenvalue weighted by molar-refractivity contribution is -0.905. The van der Waals surface area contributed by atoms with Crippen LogP contribution in [0.2, 0.25) is 10.0 Å². The normalized spacial score (nSPS) is 16.7. The zero-order chi connectivity index (χ0) is 24.9. The van der Waals surface area contributed by atoms with Gasteiger partial charge < -0.3 is 18.8 Å². The van der Waals surface area contributed by atoms with Crippen molar-refractivity contribution in [3.8, 4) is 5.75 Å². The van der Waals surface area contributed by atoms with Gasteiger partial charge >= 0.3 is 0 Å². The van der Waals surface area contributed by atoms with Crippen LogP contribution in [0.1, 0.15) is 55.8 Å². The Morgan fingerprint density at radius 2 is 1.80 bits per heavy atom. The zero-order valence-corrected chi connectivity index (χ0v) is 21.9. The van der Waals surface area contributed by atoms with Crippen molar-refractivity contribution in [2.75, 3.05) is 27.2 Å². The summed E-state index contributed by atoms with van der Waals surface area (Å²) in [4.78, 5) is 4.71. The minimum absolute atomic E-state index is 0.0714. The molecule has 3 aromatic rings. The Morgan fingerprint density at radius 1 is 1.06 bits per heavy atom. The summed E-state index contributed by atoms with van der Waals surface area (Å²) >= 11 is 12.3. The Bertz CT molecular complexity index is 1100. The molecule has 1 heterocycles. The Labute approximate surface area is 217 Å². The van der Waals surface area contributed by atoms with Crippen LogP contribution in [0, 0.1) is 5.92 Å². The van der Waals surface area contributed by atoms with Gasteiger partial charge in [0.1, 0.15) is 10.8 Å². The van der Waals surface area contributed by atoms with E-state index in [1.54, 1.807) is 6.07 Å². The summed E-state index contributed by atoms with van der Waals surface area (Å²) in [6, 6.07) is 15.1. The number of ether oxygens (including phenoxy) is 1. The third kappa shape index (κ3) is 6.18. The van der Waals surface area contributed by atoms with E-state index in [4.69, 9.17) is 37.4 Å². The molecule has 0 saturated heterocycles. The molecule has 1 fully saturated rings. The maximum Gasteiger partial charge on any atom is 0.281 e. The van der Waals surface area contributed by atoms with E-state index in [1.807, 2.05) is 42.5 Å². The van der Waals surface area contributed by atoms with E-state index >= 15 is 0 Å². The maximum atomic E-state index is 12.0. The second-order valence-corrected chi connectivity index (χ2v) is 10.8. The van der Waals surface area contributed by atoms with Gasteiger partial charge in [0, 0.05) is 6.42 Å². The summed E-state index contributed by atoms with van der Waals surface area (Å²) < 4.78 is 12.1. The minimum Gasteiger partial charge on any atom is -0.492 e. The standard InChI is InChI=1S/C27H34Cl2N3O3/c1-32(2,17-10-18-34-23-16-9-15-22(28)25(23)29)19-24-30-26(31-35-24)27(33,20-11-5-3-6-12-20)21-13-7-4-8-14-21/h3,5-6,9,11-12,15-16,21,33H,4,7-8,10,13-14,17-19H2,1-2H3/q+1. The lowest BCUT2D eigenvalue weighted by atomic mass is 9.73. The number of quaternary nitrogens is 1. The van der Waals surface area contributed by atoms with Crippen molar-refractivity contribution in [2.45, 2.75) is 50.7 Å². The average Bonchev–Trinajstić information content (AvgIpc) is 3.33. The number of aromatic nitrogens is 2. The highest BCUT2D eigenvalue weighted by Crippen LogP contribution is 2.43. The van der Waals surface area contributed by atoms with Crippen LogP contribution in [0.25, 0.3) is 0 Å². The van der Waals surface area contributed by atoms with Gasteiger partial charge in [-0.1, -0.05) is 84.0 Å². The molecule has 35 heavy (non-hydrogen) atoms. The van der Waals surface area contributed by atoms with Gasteiger partial charge in [0.2, 0.25) is 5.82 Å². The predicted molar refractivity (Wildman–Crippen MR) is 138 cm³/mol. The first-order valence-corrected chi connectivity index (χ1v) is 13.0. The number of aliphatic hydroxyl groups is 1. The number of nitrogens with zero attached hydrogens (tertiary/aromatic N) is 3. The summed E-state index contributed by atoms with van der Waals surface area (Å²) in [5.41, 5.74) is -0.421. The van der Waals surface area contributed by atoms with Gasteiger partial charge in [-0.3, -0.25) is 0 Å². The van der Waals surface area contributed by atoms with Crippen LogP contribution in [0.5, 0.6) is 5.75 Å². The molecule has 1 saturated carbocycles. The second kappa shape index (κ2) is 11.3. The van der Waals surface area contributed by atoms with E-state index in [0.29, 0.717) is 45.1 Å². The van der Waals surface area contributed by atoms with E-state index in [-0.39, 0.29) is 5.92 Å². The maximum absolute atomic E-state index is 12.0. The Morgan fingerprint density at radius 3 is 2.54 bits per heavy atom. The zero-order valence-electron chi connectivity index (χ0n) is 20.4. The summed E-state index contributed by atoms with van der Waals surface area (Å²) in [5.74, 6) is 1.55. The van der Waals surface area contributed by atoms with Crippen LogP contribution in [-0.2, 0) is 12.1 Å². The molecule has 1 N–H and O–H groups in total. The van der Waals surface area contributed by atoms with E-state index in [1.165, 1.54) is 6.42 Å². The topological polar surface area (TPSA) is 68.4 Å². The van der Waals surface area contributed by atoms with Crippen molar-refractivity contribution in [2.24, 2.45) is 5.92 Å². The molecule has 1 aliphatic carbocycles. The fraction of sp³-hybridized carbons (Fsp3) is 0.481. The number of halogens is 2. The molecule has 1 unspecified atom stereocenters. The molecule has 188 valence electrons. The van der Waals surface area contributed by atoms with E-state index in [2.05, 4.69) is 19.3 Å². The van der Waals surface area contributed by atoms with Crippen LogP contribution in [0.15, 0.2) is 53.1 Å². The van der Waals surface area contributed by atoms with E-state index in [0.717, 1.165) is 44.2 Å². The fourth-order valence-electron chi connectivity index (χ4n) is 4.95. The van der Waals surface area contributed by atoms with Crippen molar-refractivity contribution >= 4 is 23.2 Å². The fourth-order valence-corrected chi connectivity index (χ4v) is 5.30. The summed E-state index contributed by atoms with van der Waals surface area (Å²) in [6.45, 7) is 1.91. The lowest BCUT2D eigenvalue weighted by Gasteiger charge is -2.36. The molecular weight excluding hydrogens is 485 g/mol. The molecule has 2 aromatic carbocycles. The highest BCUT2D eigenvalue weighted by atomic mass is 35.5. The van der Waals surface area contributed by atoms with Gasteiger partial charge in [-0.15, -0.1) is 0 Å². The number of hydrogen-bond donors (Lipinski definition) is 1. The molecule has 1 atom stereocenters. The molecule has 1 aromatic heterocycles. The van der Waals surface area contributed by atoms with Gasteiger partial charge in [0.15, 0.2) is 12.1 Å². The summed E-state index contributed by atoms with van der Waals surface area (Å²) in [7, 11) is 4.22. The molecule has 0 aliphatic heterocycles. The van der Waals surface area contributed by atoms with Crippen LogP contribution < -0.4 is 4.74 Å². The van der Waals surface area contributed by atoms with Crippen molar-refractivity contribution in [3.63, 3.8) is 0 Å².